The number of ether oxygens (including phenoxy) is 3. The van der Waals surface area contributed by atoms with Crippen LogP contribution >= 0.6 is 34.8 Å². The number of hydrogen-bond acceptors (Lipinski definition) is 10. The molecule has 2 aliphatic heterocycles. The summed E-state index contributed by atoms with van der Waals surface area (Å²) in [6.45, 7) is 0. The van der Waals surface area contributed by atoms with Gasteiger partial charge >= 0.3 is 5.69 Å². The first-order chi connectivity index (χ1) is 13.1. The lowest BCUT2D eigenvalue weighted by atomic mass is 10.1. The van der Waals surface area contributed by atoms with Gasteiger partial charge in [-0.2, -0.15) is 5.10 Å². The highest BCUT2D eigenvalue weighted by molar-refractivity contribution is 6.67. The molecule has 2 saturated heterocycles. The van der Waals surface area contributed by atoms with E-state index in [9.17, 15) is 25.3 Å². The van der Waals surface area contributed by atoms with Crippen LogP contribution in [0.4, 0.5) is 17.1 Å². The second kappa shape index (κ2) is 7.91. The van der Waals surface area contributed by atoms with Crippen molar-refractivity contribution >= 4 is 58.1 Å². The summed E-state index contributed by atoms with van der Waals surface area (Å²) in [6, 6.07) is 3.00. The molecule has 1 aromatic rings. The van der Waals surface area contributed by atoms with Gasteiger partial charge in [0.2, 0.25) is 10.1 Å². The fraction of sp³-hybridized carbons (Fsp3) is 0.462. The van der Waals surface area contributed by atoms with Crippen molar-refractivity contribution in [2.24, 2.45) is 5.10 Å². The molecule has 152 valence electrons. The zero-order valence-electron chi connectivity index (χ0n) is 13.5. The average molecular weight is 458 g/mol. The topological polar surface area (TPSA) is 159 Å². The number of fused-ring (bicyclic) bond motifs is 1. The molecule has 0 bridgehead atoms. The summed E-state index contributed by atoms with van der Waals surface area (Å²) in [5.74, 6) is 0. The van der Waals surface area contributed by atoms with Gasteiger partial charge in [-0.3, -0.25) is 25.7 Å². The third-order valence-corrected chi connectivity index (χ3v) is 4.37. The smallest absolute Gasteiger partial charge is 0.301 e. The highest BCUT2D eigenvalue weighted by Crippen LogP contribution is 2.42. The lowest BCUT2D eigenvalue weighted by Crippen LogP contribution is -2.35. The molecule has 2 aliphatic rings. The number of nitro groups is 2. The van der Waals surface area contributed by atoms with Crippen molar-refractivity contribution in [3.05, 3.63) is 38.4 Å². The van der Waals surface area contributed by atoms with Gasteiger partial charge in [0, 0.05) is 6.07 Å². The number of nitrogens with zero attached hydrogens (tertiary/aromatic N) is 3. The molecular formula is C13H11Cl3N4O8. The minimum absolute atomic E-state index is 0.0942. The van der Waals surface area contributed by atoms with Crippen molar-refractivity contribution < 1.29 is 29.2 Å². The average Bonchev–Trinajstić information content (AvgIpc) is 3.15. The molecule has 3 rings (SSSR count). The molecule has 0 amide bonds. The number of non-ortho nitro benzene ring substituents is 1. The maximum absolute atomic E-state index is 11.1. The second-order valence-corrected chi connectivity index (χ2v) is 8.04. The zero-order valence-corrected chi connectivity index (χ0v) is 15.7. The van der Waals surface area contributed by atoms with Gasteiger partial charge < -0.3 is 19.3 Å². The number of rotatable bonds is 5. The minimum atomic E-state index is -1.87. The van der Waals surface area contributed by atoms with Gasteiger partial charge in [-0.25, -0.2) is 0 Å². The first kappa shape index (κ1) is 20.9. The monoisotopic (exact) mass is 456 g/mol. The minimum Gasteiger partial charge on any atom is -0.387 e. The van der Waals surface area contributed by atoms with Crippen molar-refractivity contribution in [1.82, 2.24) is 0 Å². The molecule has 12 nitrogen and oxygen atoms in total. The van der Waals surface area contributed by atoms with E-state index in [1.165, 1.54) is 0 Å². The van der Waals surface area contributed by atoms with Crippen LogP contribution < -0.4 is 5.43 Å². The number of benzene rings is 1. The second-order valence-electron chi connectivity index (χ2n) is 5.68. The molecule has 0 radical (unpaired) electrons. The Morgan fingerprint density at radius 2 is 1.89 bits per heavy atom. The van der Waals surface area contributed by atoms with Gasteiger partial charge in [-0.1, -0.05) is 34.8 Å². The maximum Gasteiger partial charge on any atom is 0.301 e. The number of aliphatic hydroxyl groups excluding tert-OH is 1. The van der Waals surface area contributed by atoms with Crippen molar-refractivity contribution in [2.45, 2.75) is 34.7 Å². The lowest BCUT2D eigenvalue weighted by Gasteiger charge is -2.21. The largest absolute Gasteiger partial charge is 0.387 e. The summed E-state index contributed by atoms with van der Waals surface area (Å²) in [7, 11) is 0. The van der Waals surface area contributed by atoms with Gasteiger partial charge in [0.1, 0.15) is 24.0 Å². The molecule has 5 atom stereocenters. The Hall–Kier alpha value is -1.80. The third-order valence-electron chi connectivity index (χ3n) is 3.83. The number of hydrazone groups is 1. The molecule has 28 heavy (non-hydrogen) atoms. The summed E-state index contributed by atoms with van der Waals surface area (Å²) in [5, 5.41) is 35.8. The summed E-state index contributed by atoms with van der Waals surface area (Å²) in [6.07, 6.45) is -4.20. The highest BCUT2D eigenvalue weighted by atomic mass is 35.6. The molecular weight excluding hydrogens is 447 g/mol. The van der Waals surface area contributed by atoms with Gasteiger partial charge in [0.25, 0.3) is 5.69 Å². The lowest BCUT2D eigenvalue weighted by molar-refractivity contribution is -0.393. The normalized spacial score (nSPS) is 29.8. The number of anilines is 1. The Labute approximate surface area is 171 Å². The van der Waals surface area contributed by atoms with Crippen molar-refractivity contribution in [3.8, 4) is 0 Å². The number of halogens is 3. The van der Waals surface area contributed by atoms with Gasteiger partial charge in [-0.15, -0.1) is 0 Å². The maximum atomic E-state index is 11.1. The molecule has 2 N–H and O–H groups in total. The number of aliphatic hydroxyl groups is 1. The van der Waals surface area contributed by atoms with E-state index < -0.39 is 55.9 Å². The molecule has 2 fully saturated rings. The SMILES string of the molecule is O=[N+]([O-])c1ccc(NN=CC2OC3OC(C(Cl)(Cl)Cl)OC3C2O)c([N+](=O)[O-])c1. The van der Waals surface area contributed by atoms with Crippen LogP contribution in [-0.2, 0) is 14.2 Å². The molecule has 0 spiro atoms. The Bertz CT molecular complexity index is 819. The van der Waals surface area contributed by atoms with Crippen molar-refractivity contribution in [1.29, 1.82) is 0 Å². The predicted molar refractivity (Wildman–Crippen MR) is 96.6 cm³/mol. The van der Waals surface area contributed by atoms with E-state index in [-0.39, 0.29) is 5.69 Å². The first-order valence-electron chi connectivity index (χ1n) is 7.51. The van der Waals surface area contributed by atoms with Crippen LogP contribution in [0.2, 0.25) is 0 Å². The predicted octanol–water partition coefficient (Wildman–Crippen LogP) is 2.10. The molecule has 15 heteroatoms. The van der Waals surface area contributed by atoms with E-state index >= 15 is 0 Å². The van der Waals surface area contributed by atoms with Crippen LogP contribution in [0.25, 0.3) is 0 Å². The fourth-order valence-corrected chi connectivity index (χ4v) is 2.86. The van der Waals surface area contributed by atoms with E-state index in [1.807, 2.05) is 0 Å². The van der Waals surface area contributed by atoms with E-state index in [4.69, 9.17) is 49.0 Å². The number of nitrogens with one attached hydrogen (secondary N) is 1. The summed E-state index contributed by atoms with van der Waals surface area (Å²) < 4.78 is 14.1. The Morgan fingerprint density at radius 3 is 2.46 bits per heavy atom. The Balaban J connectivity index is 1.65. The quantitative estimate of drug-likeness (QED) is 0.292. The molecule has 5 unspecified atom stereocenters. The van der Waals surface area contributed by atoms with Crippen LogP contribution in [0.3, 0.4) is 0 Å². The van der Waals surface area contributed by atoms with Crippen LogP contribution in [0.5, 0.6) is 0 Å². The molecule has 0 aliphatic carbocycles. The number of nitro benzene ring substituents is 2. The molecule has 0 saturated carbocycles. The van der Waals surface area contributed by atoms with Crippen LogP contribution in [0.15, 0.2) is 23.3 Å². The van der Waals surface area contributed by atoms with E-state index in [0.29, 0.717) is 0 Å². The summed E-state index contributed by atoms with van der Waals surface area (Å²) in [4.78, 5) is 20.3. The van der Waals surface area contributed by atoms with Gasteiger partial charge in [0.05, 0.1) is 22.1 Å². The first-order valence-corrected chi connectivity index (χ1v) is 8.64. The summed E-state index contributed by atoms with van der Waals surface area (Å²) >= 11 is 17.0. The van der Waals surface area contributed by atoms with Gasteiger partial charge in [-0.05, 0) is 6.07 Å². The molecule has 1 aromatic carbocycles. The van der Waals surface area contributed by atoms with E-state index in [2.05, 4.69) is 10.5 Å². The highest BCUT2D eigenvalue weighted by Gasteiger charge is 2.55. The third kappa shape index (κ3) is 4.27. The van der Waals surface area contributed by atoms with Gasteiger partial charge in [0.15, 0.2) is 6.29 Å². The van der Waals surface area contributed by atoms with Crippen LogP contribution in [-0.4, -0.2) is 55.9 Å². The molecule has 0 aromatic heterocycles. The zero-order chi connectivity index (χ0) is 20.6. The van der Waals surface area contributed by atoms with Crippen molar-refractivity contribution in [3.63, 3.8) is 0 Å². The van der Waals surface area contributed by atoms with E-state index in [1.54, 1.807) is 0 Å². The number of hydrogen-bond donors (Lipinski definition) is 2. The Morgan fingerprint density at radius 1 is 1.18 bits per heavy atom. The van der Waals surface area contributed by atoms with Crippen LogP contribution in [0.1, 0.15) is 0 Å². The van der Waals surface area contributed by atoms with Crippen LogP contribution in [0, 0.1) is 20.2 Å². The summed E-state index contributed by atoms with van der Waals surface area (Å²) in [5.41, 5.74) is 1.29. The van der Waals surface area contributed by atoms with E-state index in [0.717, 1.165) is 24.4 Å². The van der Waals surface area contributed by atoms with Crippen molar-refractivity contribution in [2.75, 3.05) is 5.43 Å². The fourth-order valence-electron chi connectivity index (χ4n) is 2.55. The number of alkyl halides is 3. The Kier molecular flexibility index (Phi) is 5.91. The molecule has 2 heterocycles. The standard InChI is InChI=1S/C13H11Cl3N4O8/c14-13(15,16)12-27-10-9(21)8(26-11(10)28-12)4-17-18-6-2-1-5(19(22)23)3-7(6)20(24)25/h1-4,8-12,18,21H.